The van der Waals surface area contributed by atoms with Gasteiger partial charge in [0.2, 0.25) is 0 Å². The lowest BCUT2D eigenvalue weighted by molar-refractivity contribution is 0.102. The molecule has 1 aromatic heterocycles. The summed E-state index contributed by atoms with van der Waals surface area (Å²) < 4.78 is 27.1. The van der Waals surface area contributed by atoms with Crippen molar-refractivity contribution in [2.45, 2.75) is 0 Å². The fourth-order valence-corrected chi connectivity index (χ4v) is 3.38. The zero-order chi connectivity index (χ0) is 21.1. The molecule has 0 aliphatic carbocycles. The average Bonchev–Trinajstić information content (AvgIpc) is 2.75. The van der Waals surface area contributed by atoms with E-state index in [0.29, 0.717) is 22.5 Å². The van der Waals surface area contributed by atoms with Gasteiger partial charge in [-0.3, -0.25) is 4.79 Å². The molecule has 1 aliphatic rings. The number of nitrogens with one attached hydrogen (secondary N) is 2. The quantitative estimate of drug-likeness (QED) is 0.576. The number of anilines is 3. The van der Waals surface area contributed by atoms with Crippen molar-refractivity contribution in [3.8, 4) is 11.1 Å². The maximum Gasteiger partial charge on any atom is 0.274 e. The van der Waals surface area contributed by atoms with Gasteiger partial charge in [0.1, 0.15) is 17.3 Å². The van der Waals surface area contributed by atoms with Crippen LogP contribution in [0.1, 0.15) is 10.5 Å². The second-order valence-electron chi connectivity index (χ2n) is 7.05. The summed E-state index contributed by atoms with van der Waals surface area (Å²) in [5.74, 6) is -1.78. The van der Waals surface area contributed by atoms with Crippen molar-refractivity contribution in [3.63, 3.8) is 0 Å². The van der Waals surface area contributed by atoms with Gasteiger partial charge in [-0.1, -0.05) is 6.07 Å². The molecule has 154 valence electrons. The lowest BCUT2D eigenvalue weighted by atomic mass is 10.0. The van der Waals surface area contributed by atoms with Gasteiger partial charge in [0, 0.05) is 32.2 Å². The number of pyridine rings is 1. The van der Waals surface area contributed by atoms with Gasteiger partial charge in [-0.15, -0.1) is 0 Å². The predicted octanol–water partition coefficient (Wildman–Crippen LogP) is 3.27. The standard InChI is InChI=1S/C22H21F2N5O/c23-16-9-15(10-17(24)12-16)14-1-3-19(25)21(11-14)28-22(30)20-4-2-18(13-27-20)29-7-5-26-6-8-29/h1-4,9-13,26H,5-8,25H2,(H,28,30). The van der Waals surface area contributed by atoms with Crippen molar-refractivity contribution >= 4 is 23.0 Å². The fourth-order valence-electron chi connectivity index (χ4n) is 3.38. The topological polar surface area (TPSA) is 83.3 Å². The van der Waals surface area contributed by atoms with Gasteiger partial charge in [-0.2, -0.15) is 0 Å². The number of halogens is 2. The zero-order valence-corrected chi connectivity index (χ0v) is 16.2. The van der Waals surface area contributed by atoms with Crippen molar-refractivity contribution < 1.29 is 13.6 Å². The molecule has 6 nitrogen and oxygen atoms in total. The minimum atomic E-state index is -0.679. The third kappa shape index (κ3) is 4.38. The molecule has 4 rings (SSSR count). The smallest absolute Gasteiger partial charge is 0.274 e. The van der Waals surface area contributed by atoms with Crippen LogP contribution in [-0.2, 0) is 0 Å². The number of nitrogen functional groups attached to an aromatic ring is 1. The summed E-state index contributed by atoms with van der Waals surface area (Å²) in [5, 5.41) is 6.02. The summed E-state index contributed by atoms with van der Waals surface area (Å²) in [6.45, 7) is 3.59. The maximum absolute atomic E-state index is 13.5. The molecule has 0 spiro atoms. The van der Waals surface area contributed by atoms with Gasteiger partial charge in [-0.05, 0) is 47.5 Å². The van der Waals surface area contributed by atoms with E-state index >= 15 is 0 Å². The summed E-state index contributed by atoms with van der Waals surface area (Å²) in [4.78, 5) is 19.1. The minimum Gasteiger partial charge on any atom is -0.397 e. The Morgan fingerprint density at radius 1 is 1.00 bits per heavy atom. The van der Waals surface area contributed by atoms with Gasteiger partial charge >= 0.3 is 0 Å². The molecule has 1 aliphatic heterocycles. The Morgan fingerprint density at radius 2 is 1.73 bits per heavy atom. The van der Waals surface area contributed by atoms with E-state index in [4.69, 9.17) is 5.73 Å². The molecule has 30 heavy (non-hydrogen) atoms. The first-order valence-corrected chi connectivity index (χ1v) is 9.59. The average molecular weight is 409 g/mol. The highest BCUT2D eigenvalue weighted by molar-refractivity contribution is 6.05. The molecule has 1 fully saturated rings. The van der Waals surface area contributed by atoms with Crippen LogP contribution in [-0.4, -0.2) is 37.1 Å². The Balaban J connectivity index is 1.52. The molecule has 0 saturated carbocycles. The van der Waals surface area contributed by atoms with Crippen LogP contribution in [0, 0.1) is 11.6 Å². The van der Waals surface area contributed by atoms with E-state index in [1.165, 1.54) is 12.1 Å². The van der Waals surface area contributed by atoms with Crippen molar-refractivity contribution in [2.75, 3.05) is 42.1 Å². The Hall–Kier alpha value is -3.52. The van der Waals surface area contributed by atoms with E-state index in [1.807, 2.05) is 6.07 Å². The molecule has 0 atom stereocenters. The predicted molar refractivity (Wildman–Crippen MR) is 113 cm³/mol. The van der Waals surface area contributed by atoms with E-state index < -0.39 is 17.5 Å². The third-order valence-electron chi connectivity index (χ3n) is 4.96. The molecule has 0 radical (unpaired) electrons. The van der Waals surface area contributed by atoms with E-state index in [9.17, 15) is 13.6 Å². The summed E-state index contributed by atoms with van der Waals surface area (Å²) in [6.07, 6.45) is 1.68. The van der Waals surface area contributed by atoms with Crippen LogP contribution in [0.2, 0.25) is 0 Å². The molecule has 2 aromatic carbocycles. The number of nitrogens with zero attached hydrogens (tertiary/aromatic N) is 2. The first-order valence-electron chi connectivity index (χ1n) is 9.59. The number of carbonyl (C=O) groups excluding carboxylic acids is 1. The summed E-state index contributed by atoms with van der Waals surface area (Å²) in [7, 11) is 0. The molecule has 1 saturated heterocycles. The highest BCUT2D eigenvalue weighted by Crippen LogP contribution is 2.28. The number of aromatic nitrogens is 1. The van der Waals surface area contributed by atoms with Gasteiger partial charge in [0.15, 0.2) is 0 Å². The third-order valence-corrected chi connectivity index (χ3v) is 4.96. The molecule has 4 N–H and O–H groups in total. The van der Waals surface area contributed by atoms with Crippen LogP contribution in [0.25, 0.3) is 11.1 Å². The van der Waals surface area contributed by atoms with Gasteiger partial charge in [0.25, 0.3) is 5.91 Å². The first kappa shape index (κ1) is 19.8. The number of hydrogen-bond donors (Lipinski definition) is 3. The van der Waals surface area contributed by atoms with Crippen molar-refractivity contribution in [2.24, 2.45) is 0 Å². The van der Waals surface area contributed by atoms with Crippen LogP contribution >= 0.6 is 0 Å². The maximum atomic E-state index is 13.5. The van der Waals surface area contributed by atoms with Crippen LogP contribution in [0.3, 0.4) is 0 Å². The normalized spacial score (nSPS) is 13.9. The number of rotatable bonds is 4. The summed E-state index contributed by atoms with van der Waals surface area (Å²) in [5.41, 5.74) is 8.74. The largest absolute Gasteiger partial charge is 0.397 e. The number of piperazine rings is 1. The second kappa shape index (κ2) is 8.46. The van der Waals surface area contributed by atoms with Crippen LogP contribution in [0.4, 0.5) is 25.8 Å². The van der Waals surface area contributed by atoms with Crippen LogP contribution in [0.5, 0.6) is 0 Å². The molecule has 0 unspecified atom stereocenters. The number of amides is 1. The van der Waals surface area contributed by atoms with Crippen LogP contribution in [0.15, 0.2) is 54.7 Å². The molecule has 2 heterocycles. The Morgan fingerprint density at radius 3 is 2.40 bits per heavy atom. The monoisotopic (exact) mass is 409 g/mol. The van der Waals surface area contributed by atoms with E-state index in [1.54, 1.807) is 30.5 Å². The molecule has 0 bridgehead atoms. The Bertz CT molecular complexity index is 1050. The number of carbonyl (C=O) groups is 1. The van der Waals surface area contributed by atoms with Gasteiger partial charge in [0.05, 0.1) is 23.3 Å². The first-order chi connectivity index (χ1) is 14.5. The van der Waals surface area contributed by atoms with Crippen molar-refractivity contribution in [1.82, 2.24) is 10.3 Å². The Kier molecular flexibility index (Phi) is 5.58. The van der Waals surface area contributed by atoms with Crippen molar-refractivity contribution in [3.05, 3.63) is 72.1 Å². The lowest BCUT2D eigenvalue weighted by Crippen LogP contribution is -2.43. The number of hydrogen-bond acceptors (Lipinski definition) is 5. The molecular formula is C22H21F2N5O. The lowest BCUT2D eigenvalue weighted by Gasteiger charge is -2.29. The summed E-state index contributed by atoms with van der Waals surface area (Å²) in [6, 6.07) is 11.6. The number of benzene rings is 2. The summed E-state index contributed by atoms with van der Waals surface area (Å²) >= 11 is 0. The van der Waals surface area contributed by atoms with Crippen LogP contribution < -0.4 is 21.3 Å². The Labute approximate surface area is 172 Å². The molecule has 3 aromatic rings. The SMILES string of the molecule is Nc1ccc(-c2cc(F)cc(F)c2)cc1NC(=O)c1ccc(N2CCNCC2)cn1. The second-order valence-corrected chi connectivity index (χ2v) is 7.05. The molecule has 1 amide bonds. The van der Waals surface area contributed by atoms with E-state index in [0.717, 1.165) is 37.9 Å². The highest BCUT2D eigenvalue weighted by Gasteiger charge is 2.14. The number of nitrogens with two attached hydrogens (primary N) is 1. The molecule has 8 heteroatoms. The minimum absolute atomic E-state index is 0.246. The zero-order valence-electron chi connectivity index (χ0n) is 16.2. The van der Waals surface area contributed by atoms with E-state index in [2.05, 4.69) is 20.5 Å². The molecular weight excluding hydrogens is 388 g/mol. The highest BCUT2D eigenvalue weighted by atomic mass is 19.1. The van der Waals surface area contributed by atoms with E-state index in [-0.39, 0.29) is 5.69 Å². The fraction of sp³-hybridized carbons (Fsp3) is 0.182. The van der Waals surface area contributed by atoms with Crippen molar-refractivity contribution in [1.29, 1.82) is 0 Å². The van der Waals surface area contributed by atoms with Gasteiger partial charge in [-0.25, -0.2) is 13.8 Å². The van der Waals surface area contributed by atoms with Gasteiger partial charge < -0.3 is 21.3 Å².